The molecular weight excluding hydrogens is 422 g/mol. The van der Waals surface area contributed by atoms with Crippen molar-refractivity contribution in [2.45, 2.75) is 65.3 Å². The molecule has 4 rings (SSSR count). The van der Waals surface area contributed by atoms with Crippen LogP contribution in [0.15, 0.2) is 48.7 Å². The molecule has 1 aliphatic rings. The fourth-order valence-corrected chi connectivity index (χ4v) is 5.60. The summed E-state index contributed by atoms with van der Waals surface area (Å²) in [4.78, 5) is 11.5. The Balaban J connectivity index is 1.82. The van der Waals surface area contributed by atoms with Crippen LogP contribution in [0.25, 0.3) is 22.6 Å². The molecule has 2 aromatic carbocycles. The summed E-state index contributed by atoms with van der Waals surface area (Å²) in [5.41, 5.74) is 6.24. The number of allylic oxidation sites excluding steroid dienone is 1. The Morgan fingerprint density at radius 1 is 1.15 bits per heavy atom. The first-order chi connectivity index (χ1) is 16.5. The number of hydrogen-bond acceptors (Lipinski definition) is 2. The molecule has 3 aromatic rings. The first kappa shape index (κ1) is 24.3. The van der Waals surface area contributed by atoms with E-state index in [0.29, 0.717) is 11.5 Å². The van der Waals surface area contributed by atoms with Crippen molar-refractivity contribution in [3.63, 3.8) is 0 Å². The number of hydrogen-bond donors (Lipinski definition) is 2. The number of fused-ring (bicyclic) bond motifs is 1. The number of nitrogens with zero attached hydrogens (tertiary/aromatic N) is 1. The van der Waals surface area contributed by atoms with Crippen LogP contribution < -0.4 is 0 Å². The van der Waals surface area contributed by atoms with Crippen molar-refractivity contribution in [2.24, 2.45) is 11.8 Å². The van der Waals surface area contributed by atoms with Gasteiger partial charge in [0.05, 0.1) is 11.1 Å². The Bertz CT molecular complexity index is 1170. The predicted octanol–water partition coefficient (Wildman–Crippen LogP) is 7.18. The minimum absolute atomic E-state index is 0.202. The first-order valence-corrected chi connectivity index (χ1v) is 12.8. The summed E-state index contributed by atoms with van der Waals surface area (Å²) in [6.07, 6.45) is 12.7. The second kappa shape index (κ2) is 11.1. The Kier molecular flexibility index (Phi) is 7.89. The molecule has 1 unspecified atom stereocenters. The van der Waals surface area contributed by atoms with Gasteiger partial charge in [-0.3, -0.25) is 0 Å². The second-order valence-corrected chi connectivity index (χ2v) is 9.86. The van der Waals surface area contributed by atoms with E-state index < -0.39 is 5.97 Å². The average Bonchev–Trinajstić information content (AvgIpc) is 3.26. The van der Waals surface area contributed by atoms with E-state index in [4.69, 9.17) is 0 Å². The van der Waals surface area contributed by atoms with Crippen molar-refractivity contribution < 1.29 is 15.0 Å². The highest BCUT2D eigenvalue weighted by Crippen LogP contribution is 2.39. The van der Waals surface area contributed by atoms with Crippen molar-refractivity contribution in [3.8, 4) is 0 Å². The van der Waals surface area contributed by atoms with E-state index in [2.05, 4.69) is 48.0 Å². The van der Waals surface area contributed by atoms with Crippen molar-refractivity contribution >= 4 is 28.5 Å². The van der Waals surface area contributed by atoms with E-state index in [9.17, 15) is 15.0 Å². The van der Waals surface area contributed by atoms with Crippen LogP contribution >= 0.6 is 0 Å². The molecule has 1 aromatic heterocycles. The van der Waals surface area contributed by atoms with Crippen LogP contribution in [0.4, 0.5) is 0 Å². The number of aromatic carboxylic acids is 1. The molecule has 180 valence electrons. The lowest BCUT2D eigenvalue weighted by Crippen LogP contribution is -2.14. The van der Waals surface area contributed by atoms with Gasteiger partial charge < -0.3 is 14.8 Å². The van der Waals surface area contributed by atoms with Gasteiger partial charge in [0.1, 0.15) is 0 Å². The average molecular weight is 460 g/mol. The molecule has 2 N–H and O–H groups in total. The minimum atomic E-state index is -0.883. The second-order valence-electron chi connectivity index (χ2n) is 9.86. The molecule has 34 heavy (non-hydrogen) atoms. The van der Waals surface area contributed by atoms with Crippen molar-refractivity contribution in [2.75, 3.05) is 6.61 Å². The number of benzene rings is 2. The summed E-state index contributed by atoms with van der Waals surface area (Å²) in [5, 5.41) is 20.5. The van der Waals surface area contributed by atoms with Gasteiger partial charge in [-0.1, -0.05) is 56.9 Å². The van der Waals surface area contributed by atoms with Crippen LogP contribution in [0.5, 0.6) is 0 Å². The molecule has 0 amide bonds. The summed E-state index contributed by atoms with van der Waals surface area (Å²) in [7, 11) is 0. The Morgan fingerprint density at radius 2 is 1.94 bits per heavy atom. The lowest BCUT2D eigenvalue weighted by molar-refractivity contribution is 0.0696. The molecule has 1 aliphatic carbocycles. The summed E-state index contributed by atoms with van der Waals surface area (Å²) >= 11 is 0. The van der Waals surface area contributed by atoms with Crippen LogP contribution in [0.3, 0.4) is 0 Å². The lowest BCUT2D eigenvalue weighted by atomic mass is 9.79. The normalized spacial score (nSPS) is 16.1. The fraction of sp³-hybridized carbons (Fsp3) is 0.433. The predicted molar refractivity (Wildman–Crippen MR) is 140 cm³/mol. The van der Waals surface area contributed by atoms with Crippen LogP contribution in [-0.4, -0.2) is 27.4 Å². The third-order valence-electron chi connectivity index (χ3n) is 7.37. The molecule has 0 saturated heterocycles. The van der Waals surface area contributed by atoms with Crippen molar-refractivity contribution in [1.29, 1.82) is 0 Å². The summed E-state index contributed by atoms with van der Waals surface area (Å²) in [5.74, 6) is -0.153. The minimum Gasteiger partial charge on any atom is -0.478 e. The van der Waals surface area contributed by atoms with E-state index in [1.807, 2.05) is 13.0 Å². The highest BCUT2D eigenvalue weighted by Gasteiger charge is 2.22. The number of aryl methyl sites for hydroxylation is 1. The largest absolute Gasteiger partial charge is 0.478 e. The SMILES string of the molecule is CCCC(CO)Cn1ccc2cccc(/C=C(/c3ccc(C(=O)O)cc3C)C3CCCCC3)c21. The van der Waals surface area contributed by atoms with Gasteiger partial charge in [0, 0.05) is 24.7 Å². The lowest BCUT2D eigenvalue weighted by Gasteiger charge is -2.26. The monoisotopic (exact) mass is 459 g/mol. The van der Waals surface area contributed by atoms with Crippen LogP contribution in [-0.2, 0) is 6.54 Å². The molecule has 1 saturated carbocycles. The third kappa shape index (κ3) is 5.28. The van der Waals surface area contributed by atoms with E-state index >= 15 is 0 Å². The van der Waals surface area contributed by atoms with Gasteiger partial charge in [0.15, 0.2) is 0 Å². The molecular formula is C30H37NO3. The number of carboxylic acid groups (broad SMARTS) is 1. The number of carboxylic acids is 1. The number of aliphatic hydroxyl groups excluding tert-OH is 1. The summed E-state index contributed by atoms with van der Waals surface area (Å²) < 4.78 is 2.30. The fourth-order valence-electron chi connectivity index (χ4n) is 5.60. The van der Waals surface area contributed by atoms with E-state index in [0.717, 1.165) is 30.5 Å². The van der Waals surface area contributed by atoms with Gasteiger partial charge in [-0.15, -0.1) is 0 Å². The standard InChI is InChI=1S/C30H37NO3/c1-3-8-22(20-32)19-31-16-15-24-11-7-12-25(29(24)31)18-28(23-9-5-4-6-10-23)27-14-13-26(30(33)34)17-21(27)2/h7,11-18,22-23,32H,3-6,8-10,19-20H2,1-2H3,(H,33,34)/b28-18+. The quantitative estimate of drug-likeness (QED) is 0.333. The van der Waals surface area contributed by atoms with Crippen molar-refractivity contribution in [1.82, 2.24) is 4.57 Å². The van der Waals surface area contributed by atoms with Crippen LogP contribution in [0, 0.1) is 18.8 Å². The highest BCUT2D eigenvalue weighted by atomic mass is 16.4. The first-order valence-electron chi connectivity index (χ1n) is 12.8. The molecule has 0 aliphatic heterocycles. The van der Waals surface area contributed by atoms with Gasteiger partial charge in [0.25, 0.3) is 0 Å². The van der Waals surface area contributed by atoms with Crippen LogP contribution in [0.2, 0.25) is 0 Å². The number of aromatic nitrogens is 1. The topological polar surface area (TPSA) is 62.5 Å². The Labute approximate surface area is 202 Å². The van der Waals surface area contributed by atoms with Crippen molar-refractivity contribution in [3.05, 3.63) is 70.9 Å². The third-order valence-corrected chi connectivity index (χ3v) is 7.37. The highest BCUT2D eigenvalue weighted by molar-refractivity contribution is 5.95. The van der Waals surface area contributed by atoms with E-state index in [1.54, 1.807) is 12.1 Å². The number of carbonyl (C=O) groups is 1. The summed E-state index contributed by atoms with van der Waals surface area (Å²) in [6.45, 7) is 5.20. The maximum atomic E-state index is 11.5. The van der Waals surface area contributed by atoms with E-state index in [1.165, 1.54) is 54.1 Å². The Morgan fingerprint density at radius 3 is 2.62 bits per heavy atom. The number of para-hydroxylation sites is 1. The molecule has 4 heteroatoms. The molecule has 1 heterocycles. The molecule has 1 atom stereocenters. The zero-order chi connectivity index (χ0) is 24.1. The molecule has 0 spiro atoms. The van der Waals surface area contributed by atoms with Crippen LogP contribution in [0.1, 0.15) is 78.9 Å². The molecule has 0 radical (unpaired) electrons. The molecule has 0 bridgehead atoms. The molecule has 4 nitrogen and oxygen atoms in total. The van der Waals surface area contributed by atoms with Gasteiger partial charge in [-0.05, 0) is 84.6 Å². The molecule has 1 fully saturated rings. The maximum Gasteiger partial charge on any atom is 0.335 e. The number of rotatable bonds is 9. The zero-order valence-corrected chi connectivity index (χ0v) is 20.5. The van der Waals surface area contributed by atoms with E-state index in [-0.39, 0.29) is 12.5 Å². The smallest absolute Gasteiger partial charge is 0.335 e. The maximum absolute atomic E-state index is 11.5. The van der Waals surface area contributed by atoms with Gasteiger partial charge >= 0.3 is 5.97 Å². The summed E-state index contributed by atoms with van der Waals surface area (Å²) in [6, 6.07) is 14.2. The van der Waals surface area contributed by atoms with Gasteiger partial charge in [-0.2, -0.15) is 0 Å². The zero-order valence-electron chi connectivity index (χ0n) is 20.5. The Hall–Kier alpha value is -2.85. The number of aliphatic hydroxyl groups is 1. The van der Waals surface area contributed by atoms with Gasteiger partial charge in [-0.25, -0.2) is 4.79 Å². The van der Waals surface area contributed by atoms with Gasteiger partial charge in [0.2, 0.25) is 0 Å².